The molecule has 2 heterocycles. The van der Waals surface area contributed by atoms with Crippen LogP contribution in [0.1, 0.15) is 11.4 Å². The van der Waals surface area contributed by atoms with Crippen molar-refractivity contribution >= 4 is 5.82 Å². The fourth-order valence-corrected chi connectivity index (χ4v) is 1.66. The lowest BCUT2D eigenvalue weighted by molar-refractivity contribution is 0.422. The van der Waals surface area contributed by atoms with E-state index in [0.29, 0.717) is 29.6 Å². The SMILES string of the molecule is Nc1cc(-c2nc(Cc3ccccc3)no2)[nH]n1. The van der Waals surface area contributed by atoms with Crippen molar-refractivity contribution in [1.82, 2.24) is 20.3 Å². The van der Waals surface area contributed by atoms with Gasteiger partial charge in [-0.3, -0.25) is 5.10 Å². The van der Waals surface area contributed by atoms with Crippen molar-refractivity contribution in [1.29, 1.82) is 0 Å². The van der Waals surface area contributed by atoms with Gasteiger partial charge >= 0.3 is 0 Å². The molecule has 0 saturated carbocycles. The largest absolute Gasteiger partial charge is 0.382 e. The highest BCUT2D eigenvalue weighted by atomic mass is 16.5. The molecule has 0 aliphatic carbocycles. The molecule has 6 nitrogen and oxygen atoms in total. The first-order valence-corrected chi connectivity index (χ1v) is 5.49. The number of rotatable bonds is 3. The first-order valence-electron chi connectivity index (χ1n) is 5.49. The van der Waals surface area contributed by atoms with E-state index in [1.165, 1.54) is 0 Å². The molecule has 3 N–H and O–H groups in total. The monoisotopic (exact) mass is 241 g/mol. The molecule has 0 spiro atoms. The molecule has 0 amide bonds. The lowest BCUT2D eigenvalue weighted by atomic mass is 10.1. The fourth-order valence-electron chi connectivity index (χ4n) is 1.66. The van der Waals surface area contributed by atoms with Gasteiger partial charge in [-0.1, -0.05) is 35.5 Å². The van der Waals surface area contributed by atoms with E-state index < -0.39 is 0 Å². The van der Waals surface area contributed by atoms with Crippen LogP contribution in [0.3, 0.4) is 0 Å². The zero-order chi connectivity index (χ0) is 12.4. The molecular formula is C12H11N5O. The smallest absolute Gasteiger partial charge is 0.276 e. The summed E-state index contributed by atoms with van der Waals surface area (Å²) in [6, 6.07) is 11.6. The van der Waals surface area contributed by atoms with Crippen LogP contribution in [0.4, 0.5) is 5.82 Å². The van der Waals surface area contributed by atoms with Crippen LogP contribution in [0, 0.1) is 0 Å². The normalized spacial score (nSPS) is 10.7. The van der Waals surface area contributed by atoms with Crippen molar-refractivity contribution < 1.29 is 4.52 Å². The number of anilines is 1. The molecule has 1 aromatic carbocycles. The summed E-state index contributed by atoms with van der Waals surface area (Å²) in [4.78, 5) is 4.28. The van der Waals surface area contributed by atoms with E-state index in [1.54, 1.807) is 6.07 Å². The predicted molar refractivity (Wildman–Crippen MR) is 65.5 cm³/mol. The Bertz CT molecular complexity index is 643. The van der Waals surface area contributed by atoms with Crippen LogP contribution in [-0.2, 0) is 6.42 Å². The van der Waals surface area contributed by atoms with E-state index in [1.807, 2.05) is 30.3 Å². The molecule has 0 unspecified atom stereocenters. The first-order chi connectivity index (χ1) is 8.81. The zero-order valence-electron chi connectivity index (χ0n) is 9.50. The van der Waals surface area contributed by atoms with Crippen molar-refractivity contribution in [2.75, 3.05) is 5.73 Å². The minimum atomic E-state index is 0.394. The Balaban J connectivity index is 1.82. The lowest BCUT2D eigenvalue weighted by Crippen LogP contribution is -1.90. The molecule has 2 aromatic heterocycles. The van der Waals surface area contributed by atoms with Gasteiger partial charge in [0.1, 0.15) is 11.5 Å². The Kier molecular flexibility index (Phi) is 2.53. The van der Waals surface area contributed by atoms with Gasteiger partial charge in [-0.25, -0.2) is 0 Å². The number of aromatic nitrogens is 4. The molecule has 6 heteroatoms. The van der Waals surface area contributed by atoms with E-state index in [2.05, 4.69) is 20.3 Å². The highest BCUT2D eigenvalue weighted by Crippen LogP contribution is 2.17. The second-order valence-corrected chi connectivity index (χ2v) is 3.88. The van der Waals surface area contributed by atoms with Gasteiger partial charge in [0.15, 0.2) is 5.82 Å². The van der Waals surface area contributed by atoms with Gasteiger partial charge in [0.05, 0.1) is 0 Å². The maximum atomic E-state index is 5.51. The first kappa shape index (κ1) is 10.5. The average Bonchev–Trinajstić information content (AvgIpc) is 2.99. The molecule has 0 atom stereocenters. The summed E-state index contributed by atoms with van der Waals surface area (Å²) < 4.78 is 5.15. The Labute approximate surface area is 103 Å². The van der Waals surface area contributed by atoms with Gasteiger partial charge in [0.25, 0.3) is 5.89 Å². The van der Waals surface area contributed by atoms with Crippen molar-refractivity contribution in [2.24, 2.45) is 0 Å². The summed E-state index contributed by atoms with van der Waals surface area (Å²) >= 11 is 0. The highest BCUT2D eigenvalue weighted by molar-refractivity contribution is 5.51. The van der Waals surface area contributed by atoms with Crippen LogP contribution in [0.15, 0.2) is 40.9 Å². The third kappa shape index (κ3) is 2.08. The zero-order valence-corrected chi connectivity index (χ0v) is 9.50. The number of benzene rings is 1. The molecule has 0 bridgehead atoms. The number of nitrogens with zero attached hydrogens (tertiary/aromatic N) is 3. The van der Waals surface area contributed by atoms with Crippen LogP contribution >= 0.6 is 0 Å². The fraction of sp³-hybridized carbons (Fsp3) is 0.0833. The number of hydrogen-bond donors (Lipinski definition) is 2. The maximum Gasteiger partial charge on any atom is 0.276 e. The van der Waals surface area contributed by atoms with Crippen molar-refractivity contribution in [3.05, 3.63) is 47.8 Å². The summed E-state index contributed by atoms with van der Waals surface area (Å²) in [6.07, 6.45) is 0.633. The van der Waals surface area contributed by atoms with Crippen LogP contribution in [-0.4, -0.2) is 20.3 Å². The van der Waals surface area contributed by atoms with Crippen LogP contribution < -0.4 is 5.73 Å². The number of nitrogens with one attached hydrogen (secondary N) is 1. The Morgan fingerprint density at radius 3 is 2.78 bits per heavy atom. The topological polar surface area (TPSA) is 93.6 Å². The van der Waals surface area contributed by atoms with E-state index in [0.717, 1.165) is 5.56 Å². The minimum Gasteiger partial charge on any atom is -0.382 e. The second kappa shape index (κ2) is 4.33. The Morgan fingerprint density at radius 2 is 2.06 bits per heavy atom. The van der Waals surface area contributed by atoms with Gasteiger partial charge in [0.2, 0.25) is 0 Å². The summed E-state index contributed by atoms with van der Waals surface area (Å²) in [5, 5.41) is 10.5. The van der Waals surface area contributed by atoms with Gasteiger partial charge < -0.3 is 10.3 Å². The molecule has 90 valence electrons. The summed E-state index contributed by atoms with van der Waals surface area (Å²) in [5.74, 6) is 1.42. The van der Waals surface area contributed by atoms with Gasteiger partial charge in [-0.2, -0.15) is 10.1 Å². The lowest BCUT2D eigenvalue weighted by Gasteiger charge is -1.93. The number of nitrogen functional groups attached to an aromatic ring is 1. The summed E-state index contributed by atoms with van der Waals surface area (Å²) in [7, 11) is 0. The van der Waals surface area contributed by atoms with E-state index in [9.17, 15) is 0 Å². The average molecular weight is 241 g/mol. The third-order valence-corrected chi connectivity index (χ3v) is 2.50. The minimum absolute atomic E-state index is 0.394. The number of hydrogen-bond acceptors (Lipinski definition) is 5. The number of aromatic amines is 1. The van der Waals surface area contributed by atoms with Crippen LogP contribution in [0.5, 0.6) is 0 Å². The van der Waals surface area contributed by atoms with Crippen molar-refractivity contribution in [3.8, 4) is 11.6 Å². The van der Waals surface area contributed by atoms with Crippen molar-refractivity contribution in [2.45, 2.75) is 6.42 Å². The Morgan fingerprint density at radius 1 is 1.22 bits per heavy atom. The van der Waals surface area contributed by atoms with E-state index in [-0.39, 0.29) is 0 Å². The van der Waals surface area contributed by atoms with E-state index >= 15 is 0 Å². The van der Waals surface area contributed by atoms with Crippen LogP contribution in [0.2, 0.25) is 0 Å². The molecule has 0 fully saturated rings. The summed E-state index contributed by atoms with van der Waals surface area (Å²) in [5.41, 5.74) is 7.27. The molecule has 3 aromatic rings. The number of nitrogens with two attached hydrogens (primary N) is 1. The van der Waals surface area contributed by atoms with Gasteiger partial charge in [-0.05, 0) is 5.56 Å². The predicted octanol–water partition coefficient (Wildman–Crippen LogP) is 1.63. The molecule has 0 radical (unpaired) electrons. The molecule has 18 heavy (non-hydrogen) atoms. The van der Waals surface area contributed by atoms with Crippen LogP contribution in [0.25, 0.3) is 11.6 Å². The Hall–Kier alpha value is -2.63. The maximum absolute atomic E-state index is 5.51. The quantitative estimate of drug-likeness (QED) is 0.726. The third-order valence-electron chi connectivity index (χ3n) is 2.50. The molecular weight excluding hydrogens is 230 g/mol. The molecule has 0 aliphatic heterocycles. The van der Waals surface area contributed by atoms with Crippen molar-refractivity contribution in [3.63, 3.8) is 0 Å². The molecule has 0 saturated heterocycles. The second-order valence-electron chi connectivity index (χ2n) is 3.88. The summed E-state index contributed by atoms with van der Waals surface area (Å²) in [6.45, 7) is 0. The molecule has 3 rings (SSSR count). The highest BCUT2D eigenvalue weighted by Gasteiger charge is 2.11. The van der Waals surface area contributed by atoms with E-state index in [4.69, 9.17) is 10.3 Å². The van der Waals surface area contributed by atoms with Gasteiger partial charge in [-0.15, -0.1) is 0 Å². The van der Waals surface area contributed by atoms with Gasteiger partial charge in [0, 0.05) is 12.5 Å². The standard InChI is InChI=1S/C12H11N5O/c13-10-7-9(15-16-10)12-14-11(17-18-12)6-8-4-2-1-3-5-8/h1-5,7H,6H2,(H3,13,15,16). The number of H-pyrrole nitrogens is 1. The molecule has 0 aliphatic rings.